The van der Waals surface area contributed by atoms with Crippen LogP contribution in [0.1, 0.15) is 33.1 Å². The van der Waals surface area contributed by atoms with Gasteiger partial charge in [0.25, 0.3) is 0 Å². The quantitative estimate of drug-likeness (QED) is 0.785. The van der Waals surface area contributed by atoms with E-state index in [-0.39, 0.29) is 18.5 Å². The van der Waals surface area contributed by atoms with E-state index in [1.54, 1.807) is 0 Å². The lowest BCUT2D eigenvalue weighted by atomic mass is 10.1. The van der Waals surface area contributed by atoms with Crippen molar-refractivity contribution in [1.29, 1.82) is 0 Å². The van der Waals surface area contributed by atoms with E-state index in [9.17, 15) is 5.11 Å². The van der Waals surface area contributed by atoms with E-state index in [1.807, 2.05) is 19.9 Å². The van der Waals surface area contributed by atoms with Gasteiger partial charge in [-0.25, -0.2) is 0 Å². The Bertz CT molecular complexity index is 359. The Kier molecular flexibility index (Phi) is 3.66. The van der Waals surface area contributed by atoms with Gasteiger partial charge in [0.1, 0.15) is 18.3 Å². The molecule has 0 aromatic carbocycles. The Labute approximate surface area is 113 Å². The average molecular weight is 270 g/mol. The van der Waals surface area contributed by atoms with Crippen molar-refractivity contribution in [3.05, 3.63) is 11.6 Å². The molecule has 5 heteroatoms. The van der Waals surface area contributed by atoms with Crippen LogP contribution in [0.25, 0.3) is 0 Å². The smallest absolute Gasteiger partial charge is 0.164 e. The van der Waals surface area contributed by atoms with Gasteiger partial charge in [-0.2, -0.15) is 0 Å². The highest BCUT2D eigenvalue weighted by atomic mass is 16.8. The minimum absolute atomic E-state index is 0.138. The maximum atomic E-state index is 10.2. The minimum atomic E-state index is -0.643. The molecule has 0 saturated carbocycles. The molecule has 0 aromatic heterocycles. The molecule has 19 heavy (non-hydrogen) atoms. The molecule has 2 saturated heterocycles. The van der Waals surface area contributed by atoms with Crippen molar-refractivity contribution in [2.75, 3.05) is 13.2 Å². The zero-order chi connectivity index (χ0) is 13.5. The van der Waals surface area contributed by atoms with Crippen LogP contribution in [0.2, 0.25) is 0 Å². The molecular formula is C14H22O5. The second kappa shape index (κ2) is 5.14. The molecule has 0 spiro atoms. The fourth-order valence-corrected chi connectivity index (χ4v) is 2.88. The third kappa shape index (κ3) is 2.85. The molecule has 108 valence electrons. The highest BCUT2D eigenvalue weighted by Gasteiger charge is 2.48. The van der Waals surface area contributed by atoms with Gasteiger partial charge in [-0.1, -0.05) is 0 Å². The van der Waals surface area contributed by atoms with Crippen molar-refractivity contribution >= 4 is 0 Å². The Morgan fingerprint density at radius 2 is 2.21 bits per heavy atom. The van der Waals surface area contributed by atoms with Gasteiger partial charge in [-0.05, 0) is 44.8 Å². The SMILES string of the molecule is CC1(C)O[C@H]2[C@H](C=C(COC3CCCCO3)[C@@H]2O)O1. The molecule has 1 N–H and O–H groups in total. The van der Waals surface area contributed by atoms with Crippen molar-refractivity contribution in [2.45, 2.75) is 63.5 Å². The Balaban J connectivity index is 1.54. The fourth-order valence-electron chi connectivity index (χ4n) is 2.88. The first-order valence-corrected chi connectivity index (χ1v) is 7.03. The Hall–Kier alpha value is -0.460. The number of aliphatic hydroxyl groups excluding tert-OH is 1. The van der Waals surface area contributed by atoms with Gasteiger partial charge in [0, 0.05) is 6.61 Å². The third-order valence-corrected chi connectivity index (χ3v) is 3.81. The monoisotopic (exact) mass is 270 g/mol. The topological polar surface area (TPSA) is 57.2 Å². The summed E-state index contributed by atoms with van der Waals surface area (Å²) in [5.74, 6) is -0.619. The molecule has 0 bridgehead atoms. The zero-order valence-corrected chi connectivity index (χ0v) is 11.5. The van der Waals surface area contributed by atoms with Crippen molar-refractivity contribution in [3.8, 4) is 0 Å². The normalized spacial score (nSPS) is 41.1. The molecule has 2 aliphatic heterocycles. The van der Waals surface area contributed by atoms with Crippen molar-refractivity contribution in [3.63, 3.8) is 0 Å². The van der Waals surface area contributed by atoms with Gasteiger partial charge in [-0.15, -0.1) is 0 Å². The lowest BCUT2D eigenvalue weighted by molar-refractivity contribution is -0.165. The second-order valence-corrected chi connectivity index (χ2v) is 5.86. The van der Waals surface area contributed by atoms with E-state index >= 15 is 0 Å². The summed E-state index contributed by atoms with van der Waals surface area (Å²) in [6, 6.07) is 0. The molecule has 5 nitrogen and oxygen atoms in total. The molecular weight excluding hydrogens is 248 g/mol. The zero-order valence-electron chi connectivity index (χ0n) is 11.5. The summed E-state index contributed by atoms with van der Waals surface area (Å²) in [6.45, 7) is 4.86. The van der Waals surface area contributed by atoms with Gasteiger partial charge in [0.2, 0.25) is 0 Å². The summed E-state index contributed by atoms with van der Waals surface area (Å²) in [7, 11) is 0. The maximum absolute atomic E-state index is 10.2. The summed E-state index contributed by atoms with van der Waals surface area (Å²) in [4.78, 5) is 0. The van der Waals surface area contributed by atoms with Gasteiger partial charge < -0.3 is 24.1 Å². The second-order valence-electron chi connectivity index (χ2n) is 5.86. The number of hydrogen-bond donors (Lipinski definition) is 1. The Morgan fingerprint density at radius 1 is 1.37 bits per heavy atom. The van der Waals surface area contributed by atoms with Crippen LogP contribution in [0, 0.1) is 0 Å². The first-order chi connectivity index (χ1) is 9.05. The van der Waals surface area contributed by atoms with Crippen molar-refractivity contribution in [2.24, 2.45) is 0 Å². The summed E-state index contributed by atoms with van der Waals surface area (Å²) >= 11 is 0. The fraction of sp³-hybridized carbons (Fsp3) is 0.857. The molecule has 3 aliphatic rings. The standard InChI is InChI=1S/C14H22O5/c1-14(2)18-10-7-9(12(15)13(10)19-14)8-17-11-5-3-4-6-16-11/h7,10-13,15H,3-6,8H2,1-2H3/t10-,11?,12-,13-/m0/s1. The van der Waals surface area contributed by atoms with Crippen LogP contribution in [0.4, 0.5) is 0 Å². The summed E-state index contributed by atoms with van der Waals surface area (Å²) < 4.78 is 22.6. The Morgan fingerprint density at radius 3 is 2.89 bits per heavy atom. The molecule has 4 atom stereocenters. The first-order valence-electron chi connectivity index (χ1n) is 7.03. The third-order valence-electron chi connectivity index (χ3n) is 3.81. The molecule has 1 unspecified atom stereocenters. The molecule has 2 fully saturated rings. The summed E-state index contributed by atoms with van der Waals surface area (Å²) in [6.07, 6.45) is 3.83. The number of hydrogen-bond acceptors (Lipinski definition) is 5. The van der Waals surface area contributed by atoms with Gasteiger partial charge in [0.05, 0.1) is 6.61 Å². The molecule has 0 radical (unpaired) electrons. The molecule has 0 aromatic rings. The van der Waals surface area contributed by atoms with E-state index in [1.165, 1.54) is 0 Å². The predicted octanol–water partition coefficient (Wildman–Crippen LogP) is 1.35. The first kappa shape index (κ1) is 13.5. The maximum Gasteiger partial charge on any atom is 0.164 e. The molecule has 3 rings (SSSR count). The molecule has 1 aliphatic carbocycles. The largest absolute Gasteiger partial charge is 0.386 e. The van der Waals surface area contributed by atoms with Crippen molar-refractivity contribution in [1.82, 2.24) is 0 Å². The minimum Gasteiger partial charge on any atom is -0.386 e. The summed E-state index contributed by atoms with van der Waals surface area (Å²) in [5, 5.41) is 10.2. The van der Waals surface area contributed by atoms with Crippen LogP contribution in [0.15, 0.2) is 11.6 Å². The van der Waals surface area contributed by atoms with E-state index in [2.05, 4.69) is 0 Å². The lowest BCUT2D eigenvalue weighted by Crippen LogP contribution is -2.32. The summed E-state index contributed by atoms with van der Waals surface area (Å²) in [5.41, 5.74) is 0.833. The van der Waals surface area contributed by atoms with Crippen LogP contribution >= 0.6 is 0 Å². The number of ether oxygens (including phenoxy) is 4. The average Bonchev–Trinajstić information content (AvgIpc) is 2.83. The van der Waals surface area contributed by atoms with Crippen LogP contribution < -0.4 is 0 Å². The van der Waals surface area contributed by atoms with Crippen molar-refractivity contribution < 1.29 is 24.1 Å². The highest BCUT2D eigenvalue weighted by Crippen LogP contribution is 2.37. The van der Waals surface area contributed by atoms with E-state index in [0.717, 1.165) is 31.4 Å². The van der Waals surface area contributed by atoms with Gasteiger partial charge >= 0.3 is 0 Å². The van der Waals surface area contributed by atoms with Crippen LogP contribution in [-0.4, -0.2) is 48.7 Å². The van der Waals surface area contributed by atoms with Gasteiger partial charge in [0.15, 0.2) is 12.1 Å². The lowest BCUT2D eigenvalue weighted by Gasteiger charge is -2.24. The van der Waals surface area contributed by atoms with Crippen LogP contribution in [0.3, 0.4) is 0 Å². The molecule has 0 amide bonds. The van der Waals surface area contributed by atoms with E-state index in [4.69, 9.17) is 18.9 Å². The van der Waals surface area contributed by atoms with Crippen LogP contribution in [-0.2, 0) is 18.9 Å². The number of rotatable bonds is 3. The number of aliphatic hydroxyl groups is 1. The van der Waals surface area contributed by atoms with E-state index in [0.29, 0.717) is 6.61 Å². The predicted molar refractivity (Wildman–Crippen MR) is 67.5 cm³/mol. The highest BCUT2D eigenvalue weighted by molar-refractivity contribution is 5.24. The van der Waals surface area contributed by atoms with Gasteiger partial charge in [-0.3, -0.25) is 0 Å². The molecule has 2 heterocycles. The van der Waals surface area contributed by atoms with Crippen LogP contribution in [0.5, 0.6) is 0 Å². The van der Waals surface area contributed by atoms with E-state index < -0.39 is 11.9 Å². The number of fused-ring (bicyclic) bond motifs is 1.